The fraction of sp³-hybridized carbons (Fsp3) is 0.440. The van der Waals surface area contributed by atoms with Crippen molar-refractivity contribution in [1.29, 1.82) is 0 Å². The van der Waals surface area contributed by atoms with Crippen LogP contribution in [-0.2, 0) is 20.8 Å². The Balaban J connectivity index is 1.27. The predicted octanol–water partition coefficient (Wildman–Crippen LogP) is 6.22. The first-order valence-electron chi connectivity index (χ1n) is 11.7. The number of hydrogen-bond donors (Lipinski definition) is 3. The Morgan fingerprint density at radius 2 is 1.69 bits per heavy atom. The number of rotatable bonds is 12. The van der Waals surface area contributed by atoms with E-state index in [9.17, 15) is 9.59 Å². The molecule has 0 saturated heterocycles. The number of nitrogens with zero attached hydrogens (tertiary/aromatic N) is 2. The van der Waals surface area contributed by atoms with E-state index in [0.29, 0.717) is 41.0 Å². The van der Waals surface area contributed by atoms with Gasteiger partial charge in [-0.15, -0.1) is 11.8 Å². The first kappa shape index (κ1) is 26.7. The average molecular weight is 516 g/mol. The Labute approximate surface area is 214 Å². The SMILES string of the molecule is CC(C)(C)c1cnc(CSc2cnc(NC(=O)CCCCCCC(=O)Nc3ccccc3N)s2)o1. The van der Waals surface area contributed by atoms with Gasteiger partial charge in [0, 0.05) is 18.3 Å². The summed E-state index contributed by atoms with van der Waals surface area (Å²) in [6.45, 7) is 6.27. The molecule has 3 aromatic rings. The molecule has 4 N–H and O–H groups in total. The number of carbonyl (C=O) groups is 2. The first-order chi connectivity index (χ1) is 16.7. The minimum Gasteiger partial charge on any atom is -0.444 e. The highest BCUT2D eigenvalue weighted by Crippen LogP contribution is 2.32. The maximum atomic E-state index is 12.2. The lowest BCUT2D eigenvalue weighted by molar-refractivity contribution is -0.117. The van der Waals surface area contributed by atoms with Crippen LogP contribution in [-0.4, -0.2) is 21.8 Å². The van der Waals surface area contributed by atoms with E-state index in [0.717, 1.165) is 35.7 Å². The van der Waals surface area contributed by atoms with Gasteiger partial charge in [0.05, 0.1) is 33.7 Å². The maximum absolute atomic E-state index is 12.2. The highest BCUT2D eigenvalue weighted by molar-refractivity contribution is 8.00. The van der Waals surface area contributed by atoms with E-state index >= 15 is 0 Å². The Hall–Kier alpha value is -2.85. The molecule has 188 valence electrons. The highest BCUT2D eigenvalue weighted by atomic mass is 32.2. The van der Waals surface area contributed by atoms with E-state index < -0.39 is 0 Å². The molecule has 35 heavy (non-hydrogen) atoms. The van der Waals surface area contributed by atoms with Crippen molar-refractivity contribution in [3.63, 3.8) is 0 Å². The largest absolute Gasteiger partial charge is 0.444 e. The van der Waals surface area contributed by atoms with Crippen LogP contribution in [0.15, 0.2) is 45.3 Å². The van der Waals surface area contributed by atoms with Crippen molar-refractivity contribution in [1.82, 2.24) is 9.97 Å². The smallest absolute Gasteiger partial charge is 0.226 e. The number of aromatic nitrogens is 2. The number of para-hydroxylation sites is 2. The normalized spacial score (nSPS) is 11.4. The van der Waals surface area contributed by atoms with E-state index in [-0.39, 0.29) is 17.2 Å². The molecule has 1 aromatic carbocycles. The number of thioether (sulfide) groups is 1. The molecule has 0 saturated carbocycles. The summed E-state index contributed by atoms with van der Waals surface area (Å²) in [7, 11) is 0. The molecule has 3 rings (SSSR count). The standard InChI is InChI=1S/C25H33N5O3S2/c1-25(2,3)19-14-27-22(33-19)16-34-23-15-28-24(35-23)30-21(32)13-7-5-4-6-12-20(31)29-18-11-9-8-10-17(18)26/h8-11,14-15H,4-7,12-13,16,26H2,1-3H3,(H,29,31)(H,28,30,32). The van der Waals surface area contributed by atoms with E-state index in [1.165, 1.54) is 11.3 Å². The Kier molecular flexibility index (Phi) is 9.73. The van der Waals surface area contributed by atoms with Crippen LogP contribution in [0.4, 0.5) is 16.5 Å². The number of amides is 2. The number of hydrogen-bond acceptors (Lipinski definition) is 8. The Bertz CT molecular complexity index is 1120. The molecular weight excluding hydrogens is 482 g/mol. The molecule has 0 unspecified atom stereocenters. The number of carbonyl (C=O) groups excluding carboxylic acids is 2. The zero-order valence-electron chi connectivity index (χ0n) is 20.4. The lowest BCUT2D eigenvalue weighted by Gasteiger charge is -2.12. The topological polar surface area (TPSA) is 123 Å². The van der Waals surface area contributed by atoms with Gasteiger partial charge in [0.15, 0.2) is 5.13 Å². The summed E-state index contributed by atoms with van der Waals surface area (Å²) in [5.74, 6) is 2.07. The van der Waals surface area contributed by atoms with Crippen molar-refractivity contribution < 1.29 is 14.0 Å². The molecule has 0 aliphatic heterocycles. The van der Waals surface area contributed by atoms with Crippen LogP contribution in [0.5, 0.6) is 0 Å². The van der Waals surface area contributed by atoms with Gasteiger partial charge in [0.1, 0.15) is 5.76 Å². The third-order valence-electron chi connectivity index (χ3n) is 5.15. The van der Waals surface area contributed by atoms with Gasteiger partial charge >= 0.3 is 0 Å². The average Bonchev–Trinajstić information content (AvgIpc) is 3.46. The van der Waals surface area contributed by atoms with Crippen molar-refractivity contribution in [3.05, 3.63) is 48.3 Å². The summed E-state index contributed by atoms with van der Waals surface area (Å²) < 4.78 is 6.81. The van der Waals surface area contributed by atoms with Crippen LogP contribution in [0.25, 0.3) is 0 Å². The van der Waals surface area contributed by atoms with E-state index in [1.54, 1.807) is 36.3 Å². The summed E-state index contributed by atoms with van der Waals surface area (Å²) in [4.78, 5) is 32.9. The van der Waals surface area contributed by atoms with Crippen molar-refractivity contribution in [3.8, 4) is 0 Å². The number of benzene rings is 1. The lowest BCUT2D eigenvalue weighted by atomic mass is 9.94. The van der Waals surface area contributed by atoms with Gasteiger partial charge in [-0.25, -0.2) is 9.97 Å². The molecule has 0 aliphatic rings. The summed E-state index contributed by atoms with van der Waals surface area (Å²) in [5.41, 5.74) is 6.97. The monoisotopic (exact) mass is 515 g/mol. The number of nitrogens with one attached hydrogen (secondary N) is 2. The fourth-order valence-electron chi connectivity index (χ4n) is 3.17. The number of nitrogen functional groups attached to an aromatic ring is 1. The molecule has 0 fully saturated rings. The van der Waals surface area contributed by atoms with Crippen LogP contribution < -0.4 is 16.4 Å². The van der Waals surface area contributed by atoms with Gasteiger partial charge < -0.3 is 20.8 Å². The minimum atomic E-state index is -0.0656. The molecule has 8 nitrogen and oxygen atoms in total. The van der Waals surface area contributed by atoms with E-state index in [1.807, 2.05) is 12.1 Å². The van der Waals surface area contributed by atoms with Crippen molar-refractivity contribution >= 4 is 51.4 Å². The van der Waals surface area contributed by atoms with Gasteiger partial charge in [-0.3, -0.25) is 9.59 Å². The third kappa shape index (κ3) is 9.03. The van der Waals surface area contributed by atoms with Crippen molar-refractivity contribution in [2.75, 3.05) is 16.4 Å². The second-order valence-corrected chi connectivity index (χ2v) is 11.5. The Morgan fingerprint density at radius 3 is 2.34 bits per heavy atom. The van der Waals surface area contributed by atoms with Crippen LogP contribution >= 0.6 is 23.1 Å². The van der Waals surface area contributed by atoms with E-state index in [4.69, 9.17) is 10.2 Å². The molecule has 0 atom stereocenters. The maximum Gasteiger partial charge on any atom is 0.226 e. The fourth-order valence-corrected chi connectivity index (χ4v) is 4.91. The number of nitrogens with two attached hydrogens (primary N) is 1. The van der Waals surface area contributed by atoms with E-state index in [2.05, 4.69) is 41.4 Å². The molecule has 0 aliphatic carbocycles. The number of thiazole rings is 1. The van der Waals surface area contributed by atoms with Gasteiger partial charge in [0.2, 0.25) is 17.7 Å². The number of anilines is 3. The molecule has 2 aromatic heterocycles. The molecule has 2 amide bonds. The Morgan fingerprint density at radius 1 is 1.00 bits per heavy atom. The van der Waals surface area contributed by atoms with Crippen LogP contribution in [0.2, 0.25) is 0 Å². The zero-order chi connectivity index (χ0) is 25.3. The molecule has 2 heterocycles. The summed E-state index contributed by atoms with van der Waals surface area (Å²) in [6.07, 6.45) is 7.73. The number of oxazole rings is 1. The van der Waals surface area contributed by atoms with Crippen LogP contribution in [0.3, 0.4) is 0 Å². The molecule has 10 heteroatoms. The van der Waals surface area contributed by atoms with Crippen LogP contribution in [0, 0.1) is 0 Å². The lowest BCUT2D eigenvalue weighted by Crippen LogP contribution is -2.12. The first-order valence-corrected chi connectivity index (χ1v) is 13.5. The van der Waals surface area contributed by atoms with Gasteiger partial charge in [0.25, 0.3) is 0 Å². The summed E-state index contributed by atoms with van der Waals surface area (Å²) in [6, 6.07) is 7.21. The van der Waals surface area contributed by atoms with Crippen LogP contribution in [0.1, 0.15) is 70.9 Å². The summed E-state index contributed by atoms with van der Waals surface area (Å²) in [5, 5.41) is 6.29. The second kappa shape index (κ2) is 12.7. The summed E-state index contributed by atoms with van der Waals surface area (Å²) >= 11 is 3.03. The number of unbranched alkanes of at least 4 members (excludes halogenated alkanes) is 3. The second-order valence-electron chi connectivity index (χ2n) is 9.24. The quantitative estimate of drug-likeness (QED) is 0.149. The zero-order valence-corrected chi connectivity index (χ0v) is 22.1. The third-order valence-corrected chi connectivity index (χ3v) is 7.25. The van der Waals surface area contributed by atoms with Gasteiger partial charge in [-0.2, -0.15) is 0 Å². The van der Waals surface area contributed by atoms with Gasteiger partial charge in [-0.1, -0.05) is 57.1 Å². The minimum absolute atomic E-state index is 0.0456. The van der Waals surface area contributed by atoms with Gasteiger partial charge in [-0.05, 0) is 25.0 Å². The predicted molar refractivity (Wildman–Crippen MR) is 143 cm³/mol. The molecular formula is C25H33N5O3S2. The van der Waals surface area contributed by atoms with Crippen molar-refractivity contribution in [2.45, 2.75) is 74.7 Å². The highest BCUT2D eigenvalue weighted by Gasteiger charge is 2.19. The van der Waals surface area contributed by atoms with Crippen molar-refractivity contribution in [2.24, 2.45) is 0 Å². The molecule has 0 spiro atoms. The molecule has 0 bridgehead atoms. The molecule has 0 radical (unpaired) electrons.